The van der Waals surface area contributed by atoms with Crippen molar-refractivity contribution in [2.45, 2.75) is 57.2 Å². The van der Waals surface area contributed by atoms with Crippen LogP contribution in [0.25, 0.3) is 0 Å². The first-order valence-corrected chi connectivity index (χ1v) is 7.19. The molecule has 8 heteroatoms. The van der Waals surface area contributed by atoms with Crippen LogP contribution >= 0.6 is 0 Å². The van der Waals surface area contributed by atoms with Gasteiger partial charge in [-0.15, -0.1) is 0 Å². The Morgan fingerprint density at radius 3 is 2.09 bits per heavy atom. The van der Waals surface area contributed by atoms with Gasteiger partial charge in [0.2, 0.25) is 0 Å². The maximum Gasteiger partial charge on any atom is 0.331 e. The van der Waals surface area contributed by atoms with Crippen LogP contribution in [0.4, 0.5) is 4.79 Å². The van der Waals surface area contributed by atoms with Crippen LogP contribution in [0, 0.1) is 0 Å². The van der Waals surface area contributed by atoms with Crippen molar-refractivity contribution in [2.24, 2.45) is 5.73 Å². The van der Waals surface area contributed by atoms with Crippen molar-refractivity contribution in [3.05, 3.63) is 0 Å². The quantitative estimate of drug-likeness (QED) is 0.502. The maximum atomic E-state index is 12.7. The third-order valence-corrected chi connectivity index (χ3v) is 4.41. The molecule has 1 rings (SSSR count). The van der Waals surface area contributed by atoms with Gasteiger partial charge in [-0.3, -0.25) is 9.69 Å². The summed E-state index contributed by atoms with van der Waals surface area (Å²) in [5.74, 6) is -0.623. The lowest BCUT2D eigenvalue weighted by molar-refractivity contribution is -0.180. The largest absolute Gasteiger partial charge is 0.380 e. The first-order valence-electron chi connectivity index (χ1n) is 7.19. The van der Waals surface area contributed by atoms with E-state index in [1.165, 1.54) is 7.11 Å². The second-order valence-corrected chi connectivity index (χ2v) is 7.20. The van der Waals surface area contributed by atoms with E-state index >= 15 is 0 Å². The molecule has 1 aliphatic rings. The van der Waals surface area contributed by atoms with E-state index in [4.69, 9.17) is 10.5 Å². The number of methoxy groups -OCH3 is 1. The molecule has 0 bridgehead atoms. The lowest BCUT2D eigenvalue weighted by atomic mass is 9.71. The van der Waals surface area contributed by atoms with Gasteiger partial charge in [-0.25, -0.2) is 15.2 Å². The zero-order valence-corrected chi connectivity index (χ0v) is 14.3. The molecule has 1 aliphatic heterocycles. The number of nitrogens with two attached hydrogens (primary N) is 1. The molecule has 0 unspecified atom stereocenters. The predicted molar refractivity (Wildman–Crippen MR) is 81.5 cm³/mol. The molecule has 0 aromatic heterocycles. The van der Waals surface area contributed by atoms with Crippen LogP contribution in [-0.2, 0) is 9.53 Å². The minimum Gasteiger partial charge on any atom is -0.380 e. The molecule has 4 N–H and O–H groups in total. The number of primary amides is 1. The second-order valence-electron chi connectivity index (χ2n) is 7.20. The molecule has 1 saturated heterocycles. The van der Waals surface area contributed by atoms with E-state index in [2.05, 4.69) is 10.3 Å². The Morgan fingerprint density at radius 2 is 1.73 bits per heavy atom. The molecule has 0 radical (unpaired) electrons. The molecule has 8 nitrogen and oxygen atoms in total. The van der Waals surface area contributed by atoms with E-state index in [1.54, 1.807) is 0 Å². The van der Waals surface area contributed by atoms with Gasteiger partial charge >= 0.3 is 6.03 Å². The fourth-order valence-corrected chi connectivity index (χ4v) is 3.36. The Kier molecular flexibility index (Phi) is 5.11. The minimum absolute atomic E-state index is 0.194. The first kappa shape index (κ1) is 18.7. The molecule has 0 spiro atoms. The topological polar surface area (TPSA) is 108 Å². The monoisotopic (exact) mass is 316 g/mol. The molecule has 0 aliphatic carbocycles. The van der Waals surface area contributed by atoms with Crippen molar-refractivity contribution >= 4 is 11.9 Å². The van der Waals surface area contributed by atoms with Crippen LogP contribution < -0.4 is 11.2 Å². The number of carbonyl (C=O) groups excluding carboxylic acids is 2. The number of piperidine rings is 1. The summed E-state index contributed by atoms with van der Waals surface area (Å²) in [5.41, 5.74) is 4.87. The van der Waals surface area contributed by atoms with E-state index in [0.29, 0.717) is 0 Å². The number of likely N-dealkylation sites (tertiary alicyclic amines) is 1. The van der Waals surface area contributed by atoms with Gasteiger partial charge in [0, 0.05) is 31.0 Å². The number of hydrazine groups is 1. The molecule has 0 atom stereocenters. The number of amides is 3. The normalized spacial score (nSPS) is 22.9. The molecular weight excluding hydrogens is 288 g/mol. The van der Waals surface area contributed by atoms with Crippen molar-refractivity contribution < 1.29 is 19.4 Å². The zero-order valence-electron chi connectivity index (χ0n) is 14.3. The van der Waals surface area contributed by atoms with Gasteiger partial charge in [-0.05, 0) is 34.7 Å². The van der Waals surface area contributed by atoms with Gasteiger partial charge < -0.3 is 15.6 Å². The highest BCUT2D eigenvalue weighted by Crippen LogP contribution is 2.43. The standard InChI is InChI=1S/C14H28N4O4/c1-12(2)7-14(21,8-13(3,4)17(12)5)10(19)18(9-22-6)16-11(15)20/h21H,7-9H2,1-6H3,(H3,15,16,20). The highest BCUT2D eigenvalue weighted by atomic mass is 16.5. The van der Waals surface area contributed by atoms with Gasteiger partial charge in [0.25, 0.3) is 5.91 Å². The van der Waals surface area contributed by atoms with E-state index in [-0.39, 0.29) is 19.6 Å². The molecule has 0 aromatic rings. The molecule has 1 heterocycles. The Balaban J connectivity index is 3.10. The molecule has 0 aromatic carbocycles. The summed E-state index contributed by atoms with van der Waals surface area (Å²) >= 11 is 0. The number of hydrogen-bond acceptors (Lipinski definition) is 5. The van der Waals surface area contributed by atoms with Gasteiger partial charge in [-0.2, -0.15) is 0 Å². The molecule has 128 valence electrons. The summed E-state index contributed by atoms with van der Waals surface area (Å²) in [6.07, 6.45) is 0.471. The van der Waals surface area contributed by atoms with Crippen LogP contribution in [-0.4, -0.2) is 64.5 Å². The van der Waals surface area contributed by atoms with Gasteiger partial charge in [0.05, 0.1) is 0 Å². The molecule has 3 amide bonds. The molecule has 22 heavy (non-hydrogen) atoms. The summed E-state index contributed by atoms with van der Waals surface area (Å²) < 4.78 is 4.90. The molecule has 0 saturated carbocycles. The number of carbonyl (C=O) groups is 2. The number of nitrogens with one attached hydrogen (secondary N) is 1. The number of hydrogen-bond donors (Lipinski definition) is 3. The van der Waals surface area contributed by atoms with Gasteiger partial charge in [0.15, 0.2) is 0 Å². The SMILES string of the molecule is COCN(NC(N)=O)C(=O)C1(O)CC(C)(C)N(C)C(C)(C)C1. The van der Waals surface area contributed by atoms with Crippen LogP contribution in [0.5, 0.6) is 0 Å². The number of ether oxygens (including phenoxy) is 1. The number of aliphatic hydroxyl groups is 1. The Morgan fingerprint density at radius 1 is 1.27 bits per heavy atom. The summed E-state index contributed by atoms with van der Waals surface area (Å²) in [7, 11) is 3.36. The van der Waals surface area contributed by atoms with Crippen LogP contribution in [0.1, 0.15) is 40.5 Å². The third kappa shape index (κ3) is 3.68. The van der Waals surface area contributed by atoms with E-state index in [9.17, 15) is 14.7 Å². The Hall–Kier alpha value is -1.38. The lowest BCUT2D eigenvalue weighted by Gasteiger charge is -2.56. The number of nitrogens with zero attached hydrogens (tertiary/aromatic N) is 2. The third-order valence-electron chi connectivity index (χ3n) is 4.41. The van der Waals surface area contributed by atoms with Crippen molar-refractivity contribution in [1.82, 2.24) is 15.3 Å². The summed E-state index contributed by atoms with van der Waals surface area (Å²) in [6, 6.07) is -0.888. The van der Waals surface area contributed by atoms with Crippen LogP contribution in [0.15, 0.2) is 0 Å². The number of rotatable bonds is 3. The smallest absolute Gasteiger partial charge is 0.331 e. The van der Waals surface area contributed by atoms with Crippen molar-refractivity contribution in [3.63, 3.8) is 0 Å². The van der Waals surface area contributed by atoms with Crippen molar-refractivity contribution in [1.29, 1.82) is 0 Å². The van der Waals surface area contributed by atoms with E-state index < -0.39 is 28.6 Å². The Labute approximate surface area is 131 Å². The lowest BCUT2D eigenvalue weighted by Crippen LogP contribution is -2.69. The summed E-state index contributed by atoms with van der Waals surface area (Å²) in [4.78, 5) is 25.9. The van der Waals surface area contributed by atoms with E-state index in [1.807, 2.05) is 34.7 Å². The molecule has 1 fully saturated rings. The molecular formula is C14H28N4O4. The summed E-state index contributed by atoms with van der Waals surface area (Å²) in [5, 5.41) is 11.9. The second kappa shape index (κ2) is 6.02. The Bertz CT molecular complexity index is 432. The van der Waals surface area contributed by atoms with Crippen molar-refractivity contribution in [2.75, 3.05) is 20.9 Å². The average Bonchev–Trinajstić information content (AvgIpc) is 2.33. The first-order chi connectivity index (χ1) is 9.85. The van der Waals surface area contributed by atoms with Crippen LogP contribution in [0.2, 0.25) is 0 Å². The minimum atomic E-state index is -1.61. The van der Waals surface area contributed by atoms with Crippen molar-refractivity contribution in [3.8, 4) is 0 Å². The fourth-order valence-electron chi connectivity index (χ4n) is 3.36. The maximum absolute atomic E-state index is 12.7. The highest BCUT2D eigenvalue weighted by molar-refractivity contribution is 5.87. The van der Waals surface area contributed by atoms with E-state index in [0.717, 1.165) is 5.01 Å². The van der Waals surface area contributed by atoms with Gasteiger partial charge in [0.1, 0.15) is 12.3 Å². The highest BCUT2D eigenvalue weighted by Gasteiger charge is 2.54. The fraction of sp³-hybridized carbons (Fsp3) is 0.857. The predicted octanol–water partition coefficient (Wildman–Crippen LogP) is 0.0161. The van der Waals surface area contributed by atoms with Crippen LogP contribution in [0.3, 0.4) is 0 Å². The average molecular weight is 316 g/mol. The summed E-state index contributed by atoms with van der Waals surface area (Å²) in [6.45, 7) is 7.67. The number of urea groups is 1. The van der Waals surface area contributed by atoms with Gasteiger partial charge in [-0.1, -0.05) is 0 Å². The zero-order chi connectivity index (χ0) is 17.3.